The molecule has 1 aromatic rings. The summed E-state index contributed by atoms with van der Waals surface area (Å²) in [5, 5.41) is 0. The van der Waals surface area contributed by atoms with E-state index in [9.17, 15) is 4.79 Å². The average Bonchev–Trinajstić information content (AvgIpc) is 2.69. The smallest absolute Gasteiger partial charge is 0.226 e. The summed E-state index contributed by atoms with van der Waals surface area (Å²) in [5.41, 5.74) is 7.91. The van der Waals surface area contributed by atoms with E-state index >= 15 is 0 Å². The van der Waals surface area contributed by atoms with Gasteiger partial charge >= 0.3 is 0 Å². The Kier molecular flexibility index (Phi) is 4.04. The van der Waals surface area contributed by atoms with Crippen molar-refractivity contribution in [1.29, 1.82) is 0 Å². The molecule has 1 heterocycles. The van der Waals surface area contributed by atoms with E-state index in [0.717, 1.165) is 17.7 Å². The number of ether oxygens (including phenoxy) is 1. The minimum absolute atomic E-state index is 0.0716. The van der Waals surface area contributed by atoms with Gasteiger partial charge in [-0.05, 0) is 31.4 Å². The van der Waals surface area contributed by atoms with Crippen molar-refractivity contribution in [2.75, 3.05) is 20.6 Å². The molecule has 1 amide bonds. The molecule has 0 bridgehead atoms. The predicted octanol–water partition coefficient (Wildman–Crippen LogP) is 1.61. The van der Waals surface area contributed by atoms with E-state index in [0.29, 0.717) is 13.0 Å². The summed E-state index contributed by atoms with van der Waals surface area (Å²) >= 11 is 0. The summed E-state index contributed by atoms with van der Waals surface area (Å²) in [4.78, 5) is 13.7. The van der Waals surface area contributed by atoms with E-state index in [1.54, 1.807) is 19.0 Å². The number of carbonyl (C=O) groups excluding carboxylic acids is 1. The molecule has 20 heavy (non-hydrogen) atoms. The van der Waals surface area contributed by atoms with Crippen LogP contribution >= 0.6 is 0 Å². The normalized spacial score (nSPS) is 17.2. The van der Waals surface area contributed by atoms with Crippen LogP contribution in [0.25, 0.3) is 0 Å². The minimum Gasteiger partial charge on any atom is -0.487 e. The van der Waals surface area contributed by atoms with Gasteiger partial charge in [0.2, 0.25) is 5.91 Å². The van der Waals surface area contributed by atoms with E-state index in [4.69, 9.17) is 10.5 Å². The minimum atomic E-state index is -0.191. The third kappa shape index (κ3) is 2.96. The topological polar surface area (TPSA) is 55.6 Å². The number of nitrogens with zero attached hydrogens (tertiary/aromatic N) is 1. The van der Waals surface area contributed by atoms with E-state index in [-0.39, 0.29) is 17.4 Å². The van der Waals surface area contributed by atoms with Gasteiger partial charge in [0.15, 0.2) is 0 Å². The maximum absolute atomic E-state index is 12.1. The van der Waals surface area contributed by atoms with Crippen molar-refractivity contribution >= 4 is 5.91 Å². The molecule has 0 fully saturated rings. The van der Waals surface area contributed by atoms with Crippen LogP contribution in [0.5, 0.6) is 5.75 Å². The molecular weight excluding hydrogens is 252 g/mol. The number of hydrogen-bond acceptors (Lipinski definition) is 3. The molecule has 1 atom stereocenters. The van der Waals surface area contributed by atoms with Gasteiger partial charge in [-0.2, -0.15) is 0 Å². The Morgan fingerprint density at radius 2 is 2.15 bits per heavy atom. The molecule has 2 N–H and O–H groups in total. The van der Waals surface area contributed by atoms with Gasteiger partial charge in [0, 0.05) is 27.1 Å². The molecule has 1 aliphatic heterocycles. The number of para-hydroxylation sites is 1. The molecule has 0 saturated heterocycles. The van der Waals surface area contributed by atoms with Crippen molar-refractivity contribution in [3.05, 3.63) is 29.3 Å². The van der Waals surface area contributed by atoms with Gasteiger partial charge in [0.1, 0.15) is 11.4 Å². The second-order valence-electron chi connectivity index (χ2n) is 6.31. The van der Waals surface area contributed by atoms with Crippen LogP contribution in [0.4, 0.5) is 0 Å². The van der Waals surface area contributed by atoms with E-state index < -0.39 is 0 Å². The van der Waals surface area contributed by atoms with Crippen molar-refractivity contribution in [3.8, 4) is 5.75 Å². The Labute approximate surface area is 120 Å². The lowest BCUT2D eigenvalue weighted by Crippen LogP contribution is -2.35. The molecule has 110 valence electrons. The zero-order chi connectivity index (χ0) is 14.9. The number of nitrogens with two attached hydrogens (primary N) is 1. The maximum Gasteiger partial charge on any atom is 0.226 e. The highest BCUT2D eigenvalue weighted by Crippen LogP contribution is 2.38. The van der Waals surface area contributed by atoms with E-state index in [2.05, 4.69) is 19.9 Å². The van der Waals surface area contributed by atoms with Crippen LogP contribution in [-0.4, -0.2) is 37.0 Å². The van der Waals surface area contributed by atoms with Gasteiger partial charge in [-0.25, -0.2) is 0 Å². The highest BCUT2D eigenvalue weighted by molar-refractivity contribution is 5.79. The second-order valence-corrected chi connectivity index (χ2v) is 6.31. The molecule has 2 rings (SSSR count). The Balaban J connectivity index is 2.23. The zero-order valence-electron chi connectivity index (χ0n) is 12.8. The van der Waals surface area contributed by atoms with Crippen LogP contribution in [0.2, 0.25) is 0 Å². The van der Waals surface area contributed by atoms with Crippen LogP contribution in [0.3, 0.4) is 0 Å². The maximum atomic E-state index is 12.1. The second kappa shape index (κ2) is 5.44. The van der Waals surface area contributed by atoms with Crippen LogP contribution in [-0.2, 0) is 17.6 Å². The first-order valence-corrected chi connectivity index (χ1v) is 7.05. The summed E-state index contributed by atoms with van der Waals surface area (Å²) in [6.45, 7) is 4.52. The Morgan fingerprint density at radius 3 is 2.75 bits per heavy atom. The van der Waals surface area contributed by atoms with Crippen molar-refractivity contribution < 1.29 is 9.53 Å². The van der Waals surface area contributed by atoms with Crippen molar-refractivity contribution in [2.24, 2.45) is 11.7 Å². The molecule has 0 spiro atoms. The fraction of sp³-hybridized carbons (Fsp3) is 0.562. The lowest BCUT2D eigenvalue weighted by Gasteiger charge is -2.21. The van der Waals surface area contributed by atoms with Gasteiger partial charge in [-0.3, -0.25) is 4.79 Å². The lowest BCUT2D eigenvalue weighted by atomic mass is 9.95. The summed E-state index contributed by atoms with van der Waals surface area (Å²) in [6, 6.07) is 6.16. The first kappa shape index (κ1) is 14.9. The molecule has 0 aromatic heterocycles. The standard InChI is InChI=1S/C16H24N2O2/c1-16(2)9-12-7-5-6-11(14(12)20-16)8-13(10-17)15(19)18(3)4/h5-7,13H,8-10,17H2,1-4H3. The lowest BCUT2D eigenvalue weighted by molar-refractivity contribution is -0.132. The van der Waals surface area contributed by atoms with Gasteiger partial charge in [-0.15, -0.1) is 0 Å². The Morgan fingerprint density at radius 1 is 1.45 bits per heavy atom. The zero-order valence-corrected chi connectivity index (χ0v) is 12.8. The van der Waals surface area contributed by atoms with E-state index in [1.807, 2.05) is 12.1 Å². The van der Waals surface area contributed by atoms with Crippen molar-refractivity contribution in [3.63, 3.8) is 0 Å². The Bertz CT molecular complexity index is 509. The van der Waals surface area contributed by atoms with Gasteiger partial charge in [-0.1, -0.05) is 18.2 Å². The van der Waals surface area contributed by atoms with Gasteiger partial charge < -0.3 is 15.4 Å². The molecule has 1 unspecified atom stereocenters. The molecule has 4 nitrogen and oxygen atoms in total. The van der Waals surface area contributed by atoms with E-state index in [1.165, 1.54) is 5.56 Å². The molecule has 1 aromatic carbocycles. The number of fused-ring (bicyclic) bond motifs is 1. The molecule has 1 aliphatic rings. The largest absolute Gasteiger partial charge is 0.487 e. The monoisotopic (exact) mass is 276 g/mol. The quantitative estimate of drug-likeness (QED) is 0.909. The number of rotatable bonds is 4. The SMILES string of the molecule is CN(C)C(=O)C(CN)Cc1cccc2c1OC(C)(C)C2. The predicted molar refractivity (Wildman–Crippen MR) is 79.8 cm³/mol. The Hall–Kier alpha value is -1.55. The highest BCUT2D eigenvalue weighted by atomic mass is 16.5. The van der Waals surface area contributed by atoms with Crippen molar-refractivity contribution in [2.45, 2.75) is 32.3 Å². The molecule has 4 heteroatoms. The van der Waals surface area contributed by atoms with Crippen LogP contribution in [0, 0.1) is 5.92 Å². The number of carbonyl (C=O) groups is 1. The van der Waals surface area contributed by atoms with Crippen LogP contribution in [0.1, 0.15) is 25.0 Å². The third-order valence-corrected chi connectivity index (χ3v) is 3.71. The number of amides is 1. The summed E-state index contributed by atoms with van der Waals surface area (Å²) in [6.07, 6.45) is 1.54. The molecule has 0 aliphatic carbocycles. The van der Waals surface area contributed by atoms with Crippen molar-refractivity contribution in [1.82, 2.24) is 4.90 Å². The first-order chi connectivity index (χ1) is 9.34. The third-order valence-electron chi connectivity index (χ3n) is 3.71. The highest BCUT2D eigenvalue weighted by Gasteiger charge is 2.32. The van der Waals surface area contributed by atoms with Crippen LogP contribution < -0.4 is 10.5 Å². The number of hydrogen-bond donors (Lipinski definition) is 1. The fourth-order valence-electron chi connectivity index (χ4n) is 2.74. The van der Waals surface area contributed by atoms with Gasteiger partial charge in [0.25, 0.3) is 0 Å². The van der Waals surface area contributed by atoms with Gasteiger partial charge in [0.05, 0.1) is 5.92 Å². The average molecular weight is 276 g/mol. The summed E-state index contributed by atoms with van der Waals surface area (Å²) < 4.78 is 6.05. The summed E-state index contributed by atoms with van der Waals surface area (Å²) in [7, 11) is 3.53. The van der Waals surface area contributed by atoms with Crippen LogP contribution in [0.15, 0.2) is 18.2 Å². The fourth-order valence-corrected chi connectivity index (χ4v) is 2.74. The molecule has 0 radical (unpaired) electrons. The summed E-state index contributed by atoms with van der Waals surface area (Å²) in [5.74, 6) is 0.827. The first-order valence-electron chi connectivity index (χ1n) is 7.05. The number of benzene rings is 1. The molecular formula is C16H24N2O2. The molecule has 0 saturated carbocycles.